The molecule has 0 fully saturated rings. The lowest BCUT2D eigenvalue weighted by atomic mass is 10.1. The first-order valence-electron chi connectivity index (χ1n) is 7.81. The summed E-state index contributed by atoms with van der Waals surface area (Å²) in [4.78, 5) is 15.8. The average molecular weight is 355 g/mol. The maximum atomic E-state index is 11.3. The van der Waals surface area contributed by atoms with E-state index in [1.807, 2.05) is 31.2 Å². The summed E-state index contributed by atoms with van der Waals surface area (Å²) in [7, 11) is 0. The lowest BCUT2D eigenvalue weighted by Gasteiger charge is -2.07. The van der Waals surface area contributed by atoms with Crippen LogP contribution in [0.2, 0.25) is 0 Å². The van der Waals surface area contributed by atoms with E-state index in [4.69, 9.17) is 4.74 Å². The maximum absolute atomic E-state index is 11.3. The summed E-state index contributed by atoms with van der Waals surface area (Å²) in [5.74, 6) is -0.497. The normalized spacial score (nSPS) is 11.6. The minimum Gasteiger partial charge on any atom is -0.504 e. The van der Waals surface area contributed by atoms with Crippen LogP contribution < -0.4 is 4.74 Å². The number of aromatic hydroxyl groups is 1. The van der Waals surface area contributed by atoms with Crippen molar-refractivity contribution in [3.05, 3.63) is 53.0 Å². The number of ether oxygens (including phenoxy) is 1. The van der Waals surface area contributed by atoms with Crippen LogP contribution in [-0.4, -0.2) is 27.8 Å². The number of carboxylic acids is 1. The zero-order chi connectivity index (χ0) is 17.8. The molecule has 5 nitrogen and oxygen atoms in total. The molecule has 25 heavy (non-hydrogen) atoms. The lowest BCUT2D eigenvalue weighted by molar-refractivity contribution is -0.135. The number of rotatable bonds is 6. The number of carbonyl (C=O) groups is 1. The van der Waals surface area contributed by atoms with E-state index in [9.17, 15) is 15.0 Å². The largest absolute Gasteiger partial charge is 0.504 e. The Labute approximate surface area is 148 Å². The van der Waals surface area contributed by atoms with Gasteiger partial charge in [-0.25, -0.2) is 4.98 Å². The third kappa shape index (κ3) is 3.97. The molecule has 0 unspecified atom stereocenters. The van der Waals surface area contributed by atoms with E-state index >= 15 is 0 Å². The molecule has 0 saturated heterocycles. The molecule has 3 aromatic rings. The Balaban J connectivity index is 2.04. The van der Waals surface area contributed by atoms with Gasteiger partial charge in [-0.3, -0.25) is 4.79 Å². The van der Waals surface area contributed by atoms with Gasteiger partial charge in [0.05, 0.1) is 23.2 Å². The summed E-state index contributed by atoms with van der Waals surface area (Å²) in [6.07, 6.45) is 1.64. The van der Waals surface area contributed by atoms with Crippen molar-refractivity contribution < 1.29 is 19.7 Å². The minimum atomic E-state index is -0.922. The standard InChI is InChI=1S/C19H17NO4S/c1-2-24-16-10-12(7-8-15(16)21)9-13(11-18(22)23)19-20-14-5-3-4-6-17(14)25-19/h3-10,21H,2,11H2,1H3,(H,22,23)/b13-9+. The fourth-order valence-corrected chi connectivity index (χ4v) is 3.43. The monoisotopic (exact) mass is 355 g/mol. The van der Waals surface area contributed by atoms with Gasteiger partial charge in [-0.15, -0.1) is 11.3 Å². The lowest BCUT2D eigenvalue weighted by Crippen LogP contribution is -1.97. The number of benzene rings is 2. The van der Waals surface area contributed by atoms with Crippen molar-refractivity contribution in [2.75, 3.05) is 6.61 Å². The summed E-state index contributed by atoms with van der Waals surface area (Å²) in [5, 5.41) is 19.7. The van der Waals surface area contributed by atoms with E-state index < -0.39 is 5.97 Å². The van der Waals surface area contributed by atoms with Crippen molar-refractivity contribution >= 4 is 39.2 Å². The van der Waals surface area contributed by atoms with Crippen LogP contribution in [0, 0.1) is 0 Å². The Bertz CT molecular complexity index is 913. The molecule has 0 aliphatic heterocycles. The number of nitrogens with zero attached hydrogens (tertiary/aromatic N) is 1. The molecule has 0 bridgehead atoms. The first-order valence-corrected chi connectivity index (χ1v) is 8.62. The van der Waals surface area contributed by atoms with Crippen LogP contribution in [0.3, 0.4) is 0 Å². The molecule has 128 valence electrons. The average Bonchev–Trinajstić information content (AvgIpc) is 3.01. The van der Waals surface area contributed by atoms with E-state index in [2.05, 4.69) is 4.98 Å². The van der Waals surface area contributed by atoms with Crippen LogP contribution in [0.4, 0.5) is 0 Å². The van der Waals surface area contributed by atoms with Crippen molar-refractivity contribution in [2.45, 2.75) is 13.3 Å². The van der Waals surface area contributed by atoms with Gasteiger partial charge in [0.25, 0.3) is 0 Å². The summed E-state index contributed by atoms with van der Waals surface area (Å²) in [5.41, 5.74) is 2.21. The van der Waals surface area contributed by atoms with E-state index in [-0.39, 0.29) is 12.2 Å². The van der Waals surface area contributed by atoms with Gasteiger partial charge in [0.1, 0.15) is 5.01 Å². The molecule has 2 aromatic carbocycles. The van der Waals surface area contributed by atoms with Gasteiger partial charge in [0.15, 0.2) is 11.5 Å². The number of hydrogen-bond donors (Lipinski definition) is 2. The van der Waals surface area contributed by atoms with Crippen molar-refractivity contribution in [3.8, 4) is 11.5 Å². The van der Waals surface area contributed by atoms with E-state index in [1.165, 1.54) is 17.4 Å². The van der Waals surface area contributed by atoms with Gasteiger partial charge in [-0.1, -0.05) is 18.2 Å². The SMILES string of the molecule is CCOc1cc(/C=C(\CC(=O)O)c2nc3ccccc3s2)ccc1O. The highest BCUT2D eigenvalue weighted by Crippen LogP contribution is 2.32. The second-order valence-corrected chi connectivity index (χ2v) is 6.42. The number of thiazole rings is 1. The molecule has 0 aliphatic rings. The highest BCUT2D eigenvalue weighted by molar-refractivity contribution is 7.19. The predicted molar refractivity (Wildman–Crippen MR) is 99.0 cm³/mol. The molecule has 0 radical (unpaired) electrons. The predicted octanol–water partition coefficient (Wildman–Crippen LogP) is 4.42. The van der Waals surface area contributed by atoms with E-state index in [0.717, 1.165) is 15.8 Å². The molecule has 0 amide bonds. The van der Waals surface area contributed by atoms with Crippen LogP contribution in [0.5, 0.6) is 11.5 Å². The van der Waals surface area contributed by atoms with Crippen LogP contribution in [0.25, 0.3) is 21.9 Å². The quantitative estimate of drug-likeness (QED) is 0.684. The molecule has 1 heterocycles. The topological polar surface area (TPSA) is 79.7 Å². The highest BCUT2D eigenvalue weighted by Gasteiger charge is 2.13. The number of aromatic nitrogens is 1. The zero-order valence-corrected chi connectivity index (χ0v) is 14.4. The number of fused-ring (bicyclic) bond motifs is 1. The maximum Gasteiger partial charge on any atom is 0.307 e. The van der Waals surface area contributed by atoms with Gasteiger partial charge in [0, 0.05) is 0 Å². The first-order chi connectivity index (χ1) is 12.1. The molecule has 6 heteroatoms. The Morgan fingerprint density at radius 3 is 2.80 bits per heavy atom. The summed E-state index contributed by atoms with van der Waals surface area (Å²) < 4.78 is 6.39. The second-order valence-electron chi connectivity index (χ2n) is 5.39. The number of para-hydroxylation sites is 1. The third-order valence-electron chi connectivity index (χ3n) is 3.53. The van der Waals surface area contributed by atoms with Crippen molar-refractivity contribution in [1.82, 2.24) is 4.98 Å². The molecular formula is C19H17NO4S. The second kappa shape index (κ2) is 7.36. The van der Waals surface area contributed by atoms with Gasteiger partial charge >= 0.3 is 5.97 Å². The number of carboxylic acid groups (broad SMARTS) is 1. The molecule has 3 rings (SSSR count). The van der Waals surface area contributed by atoms with Gasteiger partial charge < -0.3 is 14.9 Å². The molecule has 0 saturated carbocycles. The number of phenolic OH excluding ortho intramolecular Hbond substituents is 1. The van der Waals surface area contributed by atoms with Crippen LogP contribution in [-0.2, 0) is 4.79 Å². The van der Waals surface area contributed by atoms with Gasteiger partial charge in [-0.05, 0) is 48.4 Å². The Hall–Kier alpha value is -2.86. The summed E-state index contributed by atoms with van der Waals surface area (Å²) >= 11 is 1.46. The molecule has 0 aliphatic carbocycles. The van der Waals surface area contributed by atoms with E-state index in [1.54, 1.807) is 18.2 Å². The fraction of sp³-hybridized carbons (Fsp3) is 0.158. The minimum absolute atomic E-state index is 0.0544. The van der Waals surface area contributed by atoms with E-state index in [0.29, 0.717) is 22.9 Å². The Kier molecular flexibility index (Phi) is 5.00. The smallest absolute Gasteiger partial charge is 0.307 e. The zero-order valence-electron chi connectivity index (χ0n) is 13.6. The number of phenols is 1. The van der Waals surface area contributed by atoms with Gasteiger partial charge in [0.2, 0.25) is 0 Å². The van der Waals surface area contributed by atoms with Crippen molar-refractivity contribution in [2.24, 2.45) is 0 Å². The van der Waals surface area contributed by atoms with Crippen molar-refractivity contribution in [3.63, 3.8) is 0 Å². The first kappa shape index (κ1) is 17.0. The Morgan fingerprint density at radius 2 is 2.08 bits per heavy atom. The Morgan fingerprint density at radius 1 is 1.28 bits per heavy atom. The number of hydrogen-bond acceptors (Lipinski definition) is 5. The van der Waals surface area contributed by atoms with Gasteiger partial charge in [-0.2, -0.15) is 0 Å². The van der Waals surface area contributed by atoms with Crippen LogP contribution >= 0.6 is 11.3 Å². The highest BCUT2D eigenvalue weighted by atomic mass is 32.1. The molecule has 0 atom stereocenters. The molecule has 1 aromatic heterocycles. The van der Waals surface area contributed by atoms with Crippen molar-refractivity contribution in [1.29, 1.82) is 0 Å². The van der Waals surface area contributed by atoms with Crippen LogP contribution in [0.15, 0.2) is 42.5 Å². The summed E-state index contributed by atoms with van der Waals surface area (Å²) in [6.45, 7) is 2.26. The summed E-state index contributed by atoms with van der Waals surface area (Å²) in [6, 6.07) is 12.6. The van der Waals surface area contributed by atoms with Crippen LogP contribution in [0.1, 0.15) is 23.9 Å². The molecule has 2 N–H and O–H groups in total. The fourth-order valence-electron chi connectivity index (χ4n) is 2.45. The third-order valence-corrected chi connectivity index (χ3v) is 4.65. The molecular weight excluding hydrogens is 338 g/mol. The molecule has 0 spiro atoms. The number of aliphatic carboxylic acids is 1.